The van der Waals surface area contributed by atoms with Gasteiger partial charge in [-0.2, -0.15) is 0 Å². The number of halogens is 1. The molecule has 0 radical (unpaired) electrons. The minimum absolute atomic E-state index is 0.0326. The first kappa shape index (κ1) is 16.3. The molecule has 1 saturated heterocycles. The number of nitrogens with zero attached hydrogens (tertiary/aromatic N) is 2. The van der Waals surface area contributed by atoms with Crippen molar-refractivity contribution in [3.05, 3.63) is 17.5 Å². The number of carbonyl (C=O) groups excluding carboxylic acids is 1. The number of amides is 1. The fraction of sp³-hybridized carbons (Fsp3) is 0.733. The summed E-state index contributed by atoms with van der Waals surface area (Å²) in [7, 11) is 0. The van der Waals surface area contributed by atoms with Gasteiger partial charge in [0.1, 0.15) is 17.8 Å². The van der Waals surface area contributed by atoms with Gasteiger partial charge in [-0.25, -0.2) is 0 Å². The third-order valence-corrected chi connectivity index (χ3v) is 4.16. The molecule has 1 fully saturated rings. The van der Waals surface area contributed by atoms with E-state index < -0.39 is 0 Å². The first-order valence-corrected chi connectivity index (χ1v) is 7.80. The van der Waals surface area contributed by atoms with E-state index in [2.05, 4.69) is 19.0 Å². The molecule has 0 aliphatic carbocycles. The number of aryl methyl sites for hydroxylation is 1. The van der Waals surface area contributed by atoms with Gasteiger partial charge in [-0.15, -0.1) is 11.6 Å². The number of alkyl halides is 1. The molecule has 2 rings (SSSR count). The van der Waals surface area contributed by atoms with E-state index in [1.165, 1.54) is 0 Å². The molecule has 1 atom stereocenters. The average molecular weight is 315 g/mol. The van der Waals surface area contributed by atoms with E-state index in [1.54, 1.807) is 11.2 Å². The predicted octanol–water partition coefficient (Wildman–Crippen LogP) is 2.76. The summed E-state index contributed by atoms with van der Waals surface area (Å²) in [5.41, 5.74) is 1.93. The lowest BCUT2D eigenvalue weighted by molar-refractivity contribution is -0.133. The second kappa shape index (κ2) is 6.79. The summed E-state index contributed by atoms with van der Waals surface area (Å²) in [4.78, 5) is 13.7. The van der Waals surface area contributed by atoms with Crippen molar-refractivity contribution in [2.45, 2.75) is 46.3 Å². The zero-order valence-electron chi connectivity index (χ0n) is 12.9. The Morgan fingerprint density at radius 1 is 1.57 bits per heavy atom. The first-order chi connectivity index (χ1) is 9.91. The first-order valence-electron chi connectivity index (χ1n) is 7.26. The highest BCUT2D eigenvalue weighted by atomic mass is 35.5. The zero-order chi connectivity index (χ0) is 15.5. The van der Waals surface area contributed by atoms with Gasteiger partial charge in [0.05, 0.1) is 19.3 Å². The van der Waals surface area contributed by atoms with Gasteiger partial charge in [0, 0.05) is 12.1 Å². The van der Waals surface area contributed by atoms with Crippen molar-refractivity contribution < 1.29 is 14.1 Å². The van der Waals surface area contributed by atoms with E-state index >= 15 is 0 Å². The van der Waals surface area contributed by atoms with Crippen LogP contribution in [0.25, 0.3) is 0 Å². The molecule has 1 unspecified atom stereocenters. The Labute approximate surface area is 130 Å². The monoisotopic (exact) mass is 314 g/mol. The Kier molecular flexibility index (Phi) is 5.27. The summed E-state index contributed by atoms with van der Waals surface area (Å²) in [5.74, 6) is -0.137. The molecule has 118 valence electrons. The molecular formula is C15H23ClN2O3. The highest BCUT2D eigenvalue weighted by molar-refractivity contribution is 6.27. The Bertz CT molecular complexity index is 477. The van der Waals surface area contributed by atoms with Gasteiger partial charge < -0.3 is 14.2 Å². The van der Waals surface area contributed by atoms with Gasteiger partial charge >= 0.3 is 0 Å². The highest BCUT2D eigenvalue weighted by Crippen LogP contribution is 2.30. The quantitative estimate of drug-likeness (QED) is 0.784. The molecule has 1 aromatic heterocycles. The van der Waals surface area contributed by atoms with Gasteiger partial charge in [0.15, 0.2) is 0 Å². The van der Waals surface area contributed by atoms with Crippen LogP contribution in [0.3, 0.4) is 0 Å². The molecule has 1 aliphatic heterocycles. The Balaban J connectivity index is 1.97. The summed E-state index contributed by atoms with van der Waals surface area (Å²) in [6.07, 6.45) is 3.70. The number of ether oxygens (including phenoxy) is 1. The maximum atomic E-state index is 12.0. The Hall–Kier alpha value is -1.07. The maximum Gasteiger partial charge on any atom is 0.237 e. The minimum atomic E-state index is -0.104. The van der Waals surface area contributed by atoms with Crippen molar-refractivity contribution in [1.82, 2.24) is 10.1 Å². The van der Waals surface area contributed by atoms with Crippen LogP contribution in [0.15, 0.2) is 10.8 Å². The van der Waals surface area contributed by atoms with Crippen LogP contribution in [-0.4, -0.2) is 41.1 Å². The predicted molar refractivity (Wildman–Crippen MR) is 80.1 cm³/mol. The van der Waals surface area contributed by atoms with Crippen LogP contribution in [0.2, 0.25) is 0 Å². The molecule has 1 aliphatic rings. The van der Waals surface area contributed by atoms with Crippen molar-refractivity contribution >= 4 is 17.5 Å². The van der Waals surface area contributed by atoms with Crippen molar-refractivity contribution in [2.75, 3.05) is 19.0 Å². The highest BCUT2D eigenvalue weighted by Gasteiger charge is 2.29. The SMILES string of the molecule is Cc1conc1CN(CC1CCC(C)(C)CO1)C(=O)CCl. The topological polar surface area (TPSA) is 55.6 Å². The van der Waals surface area contributed by atoms with E-state index in [1.807, 2.05) is 6.92 Å². The molecule has 0 spiro atoms. The largest absolute Gasteiger partial charge is 0.376 e. The van der Waals surface area contributed by atoms with Crippen LogP contribution < -0.4 is 0 Å². The Morgan fingerprint density at radius 3 is 2.86 bits per heavy atom. The number of rotatable bonds is 5. The normalized spacial score (nSPS) is 21.2. The van der Waals surface area contributed by atoms with Crippen molar-refractivity contribution in [3.8, 4) is 0 Å². The van der Waals surface area contributed by atoms with Crippen LogP contribution in [0.4, 0.5) is 0 Å². The van der Waals surface area contributed by atoms with Crippen LogP contribution in [0.5, 0.6) is 0 Å². The lowest BCUT2D eigenvalue weighted by Gasteiger charge is -2.36. The van der Waals surface area contributed by atoms with Crippen molar-refractivity contribution in [2.24, 2.45) is 5.41 Å². The van der Waals surface area contributed by atoms with E-state index in [-0.39, 0.29) is 23.3 Å². The van der Waals surface area contributed by atoms with Crippen molar-refractivity contribution in [1.29, 1.82) is 0 Å². The van der Waals surface area contributed by atoms with E-state index in [0.29, 0.717) is 13.1 Å². The molecule has 1 aromatic rings. The second-order valence-electron chi connectivity index (χ2n) is 6.49. The summed E-state index contributed by atoms with van der Waals surface area (Å²) >= 11 is 5.71. The molecule has 0 aromatic carbocycles. The lowest BCUT2D eigenvalue weighted by atomic mass is 9.85. The molecule has 2 heterocycles. The summed E-state index contributed by atoms with van der Waals surface area (Å²) < 4.78 is 10.8. The second-order valence-corrected chi connectivity index (χ2v) is 6.76. The molecule has 6 heteroatoms. The van der Waals surface area contributed by atoms with Crippen LogP contribution in [-0.2, 0) is 16.1 Å². The van der Waals surface area contributed by atoms with E-state index in [9.17, 15) is 4.79 Å². The van der Waals surface area contributed by atoms with Crippen LogP contribution in [0.1, 0.15) is 37.9 Å². The molecule has 5 nitrogen and oxygen atoms in total. The van der Waals surface area contributed by atoms with Crippen LogP contribution in [0, 0.1) is 12.3 Å². The van der Waals surface area contributed by atoms with E-state index in [4.69, 9.17) is 20.9 Å². The smallest absolute Gasteiger partial charge is 0.237 e. The van der Waals surface area contributed by atoms with Gasteiger partial charge in [-0.1, -0.05) is 19.0 Å². The Morgan fingerprint density at radius 2 is 2.33 bits per heavy atom. The summed E-state index contributed by atoms with van der Waals surface area (Å²) in [6, 6.07) is 0. The van der Waals surface area contributed by atoms with E-state index in [0.717, 1.165) is 30.7 Å². The van der Waals surface area contributed by atoms with Gasteiger partial charge in [0.2, 0.25) is 5.91 Å². The fourth-order valence-electron chi connectivity index (χ4n) is 2.42. The van der Waals surface area contributed by atoms with Gasteiger partial charge in [-0.3, -0.25) is 4.79 Å². The minimum Gasteiger partial charge on any atom is -0.376 e. The molecular weight excluding hydrogens is 292 g/mol. The fourth-order valence-corrected chi connectivity index (χ4v) is 2.59. The molecule has 1 amide bonds. The number of hydrogen-bond donors (Lipinski definition) is 0. The molecule has 21 heavy (non-hydrogen) atoms. The zero-order valence-corrected chi connectivity index (χ0v) is 13.7. The number of carbonyl (C=O) groups is 1. The molecule has 0 saturated carbocycles. The lowest BCUT2D eigenvalue weighted by Crippen LogP contribution is -2.42. The van der Waals surface area contributed by atoms with Crippen molar-refractivity contribution in [3.63, 3.8) is 0 Å². The number of hydrogen-bond acceptors (Lipinski definition) is 4. The third kappa shape index (κ3) is 4.45. The number of aromatic nitrogens is 1. The van der Waals surface area contributed by atoms with Gasteiger partial charge in [0.25, 0.3) is 0 Å². The molecule has 0 bridgehead atoms. The summed E-state index contributed by atoms with van der Waals surface area (Å²) in [6.45, 7) is 8.00. The standard InChI is InChI=1S/C15H23ClN2O3/c1-11-9-21-17-13(11)8-18(14(19)6-16)7-12-4-5-15(2,3)10-20-12/h9,12H,4-8,10H2,1-3H3. The summed E-state index contributed by atoms with van der Waals surface area (Å²) in [5, 5.41) is 3.94. The average Bonchev–Trinajstić information content (AvgIpc) is 2.85. The third-order valence-electron chi connectivity index (χ3n) is 3.93. The molecule has 0 N–H and O–H groups in total. The van der Waals surface area contributed by atoms with Crippen LogP contribution >= 0.6 is 11.6 Å². The maximum absolute atomic E-state index is 12.0. The van der Waals surface area contributed by atoms with Gasteiger partial charge in [-0.05, 0) is 25.2 Å².